The van der Waals surface area contributed by atoms with Crippen LogP contribution in [0.25, 0.3) is 11.4 Å². The minimum absolute atomic E-state index is 0.0612. The van der Waals surface area contributed by atoms with E-state index in [1.807, 2.05) is 77.6 Å². The summed E-state index contributed by atoms with van der Waals surface area (Å²) in [5, 5.41) is 13.9. The monoisotopic (exact) mass is 344 g/mol. The molecule has 4 rings (SSSR count). The van der Waals surface area contributed by atoms with Crippen molar-refractivity contribution in [3.63, 3.8) is 0 Å². The first kappa shape index (κ1) is 15.8. The second-order valence-electron chi connectivity index (χ2n) is 5.78. The third-order valence-corrected chi connectivity index (χ3v) is 3.97. The predicted molar refractivity (Wildman–Crippen MR) is 97.3 cm³/mol. The van der Waals surface area contributed by atoms with Gasteiger partial charge in [-0.2, -0.15) is 0 Å². The number of rotatable bonds is 5. The van der Waals surface area contributed by atoms with Gasteiger partial charge in [0.2, 0.25) is 5.91 Å². The third kappa shape index (κ3) is 3.51. The van der Waals surface area contributed by atoms with Gasteiger partial charge in [0.05, 0.1) is 12.1 Å². The molecule has 26 heavy (non-hydrogen) atoms. The van der Waals surface area contributed by atoms with E-state index in [9.17, 15) is 4.79 Å². The Morgan fingerprint density at radius 1 is 0.923 bits per heavy atom. The van der Waals surface area contributed by atoms with Crippen LogP contribution in [-0.2, 0) is 11.2 Å². The van der Waals surface area contributed by atoms with Crippen molar-refractivity contribution in [1.82, 2.24) is 24.8 Å². The fourth-order valence-corrected chi connectivity index (χ4v) is 2.66. The zero-order valence-electron chi connectivity index (χ0n) is 13.9. The lowest BCUT2D eigenvalue weighted by molar-refractivity contribution is -0.115. The fourth-order valence-electron chi connectivity index (χ4n) is 2.66. The number of hydrogen-bond acceptors (Lipinski definition) is 4. The van der Waals surface area contributed by atoms with Gasteiger partial charge in [0.25, 0.3) is 0 Å². The average molecular weight is 344 g/mol. The highest BCUT2D eigenvalue weighted by Gasteiger charge is 2.05. The number of carbonyl (C=O) groups excluding carboxylic acids is 1. The van der Waals surface area contributed by atoms with Gasteiger partial charge in [-0.05, 0) is 64.5 Å². The first-order chi connectivity index (χ1) is 12.8. The number of amides is 1. The second-order valence-corrected chi connectivity index (χ2v) is 5.78. The van der Waals surface area contributed by atoms with Gasteiger partial charge in [-0.1, -0.05) is 12.1 Å². The van der Waals surface area contributed by atoms with Gasteiger partial charge in [-0.15, -0.1) is 5.10 Å². The molecule has 2 heterocycles. The van der Waals surface area contributed by atoms with E-state index < -0.39 is 0 Å². The lowest BCUT2D eigenvalue weighted by atomic mass is 10.1. The van der Waals surface area contributed by atoms with E-state index >= 15 is 0 Å². The van der Waals surface area contributed by atoms with E-state index in [0.717, 1.165) is 22.6 Å². The van der Waals surface area contributed by atoms with Gasteiger partial charge in [-0.25, -0.2) is 4.68 Å². The topological polar surface area (TPSA) is 77.6 Å². The summed E-state index contributed by atoms with van der Waals surface area (Å²) in [6.07, 6.45) is 5.81. The lowest BCUT2D eigenvalue weighted by Crippen LogP contribution is -2.14. The summed E-state index contributed by atoms with van der Waals surface area (Å²) in [6.45, 7) is 0. The number of aromatic nitrogens is 5. The normalized spacial score (nSPS) is 10.6. The molecule has 1 N–H and O–H groups in total. The van der Waals surface area contributed by atoms with Crippen molar-refractivity contribution in [2.75, 3.05) is 5.32 Å². The van der Waals surface area contributed by atoms with E-state index in [1.54, 1.807) is 4.68 Å². The van der Waals surface area contributed by atoms with Crippen molar-refractivity contribution in [2.45, 2.75) is 6.42 Å². The van der Waals surface area contributed by atoms with E-state index in [4.69, 9.17) is 0 Å². The molecule has 0 radical (unpaired) electrons. The smallest absolute Gasteiger partial charge is 0.228 e. The Balaban J connectivity index is 1.38. The summed E-state index contributed by atoms with van der Waals surface area (Å²) in [5.74, 6) is -0.0612. The van der Waals surface area contributed by atoms with E-state index in [0.29, 0.717) is 6.42 Å². The number of nitrogens with one attached hydrogen (secondary N) is 1. The van der Waals surface area contributed by atoms with Crippen LogP contribution in [0, 0.1) is 0 Å². The Labute approximate surface area is 149 Å². The molecule has 0 saturated carbocycles. The molecule has 0 bridgehead atoms. The molecule has 0 aliphatic heterocycles. The third-order valence-electron chi connectivity index (χ3n) is 3.97. The van der Waals surface area contributed by atoms with Crippen LogP contribution in [-0.4, -0.2) is 30.7 Å². The van der Waals surface area contributed by atoms with Crippen LogP contribution in [0.2, 0.25) is 0 Å². The largest absolute Gasteiger partial charge is 0.326 e. The van der Waals surface area contributed by atoms with E-state index in [2.05, 4.69) is 20.8 Å². The molecular weight excluding hydrogens is 328 g/mol. The summed E-state index contributed by atoms with van der Waals surface area (Å²) in [7, 11) is 0. The number of carbonyl (C=O) groups is 1. The number of nitrogens with zero attached hydrogens (tertiary/aromatic N) is 5. The minimum Gasteiger partial charge on any atom is -0.326 e. The highest BCUT2D eigenvalue weighted by Crippen LogP contribution is 2.14. The van der Waals surface area contributed by atoms with Gasteiger partial charge >= 0.3 is 0 Å². The van der Waals surface area contributed by atoms with Crippen LogP contribution in [0.15, 0.2) is 79.4 Å². The van der Waals surface area contributed by atoms with Crippen LogP contribution >= 0.6 is 0 Å². The molecule has 7 heteroatoms. The second kappa shape index (κ2) is 7.02. The van der Waals surface area contributed by atoms with Crippen LogP contribution in [0.1, 0.15) is 5.56 Å². The van der Waals surface area contributed by atoms with Crippen molar-refractivity contribution >= 4 is 11.6 Å². The van der Waals surface area contributed by atoms with Crippen LogP contribution in [0.5, 0.6) is 0 Å². The maximum atomic E-state index is 12.3. The molecule has 4 aromatic rings. The summed E-state index contributed by atoms with van der Waals surface area (Å²) in [6, 6.07) is 19.2. The highest BCUT2D eigenvalue weighted by molar-refractivity contribution is 5.92. The molecule has 1 amide bonds. The van der Waals surface area contributed by atoms with Crippen molar-refractivity contribution in [3.05, 3.63) is 84.9 Å². The highest BCUT2D eigenvalue weighted by atomic mass is 16.1. The number of hydrogen-bond donors (Lipinski definition) is 1. The molecule has 0 saturated heterocycles. The Hall–Kier alpha value is -3.74. The Morgan fingerprint density at radius 3 is 2.27 bits per heavy atom. The van der Waals surface area contributed by atoms with E-state index in [-0.39, 0.29) is 5.91 Å². The number of anilines is 1. The number of tetrazole rings is 1. The molecule has 0 fully saturated rings. The summed E-state index contributed by atoms with van der Waals surface area (Å²) >= 11 is 0. The van der Waals surface area contributed by atoms with Crippen LogP contribution in [0.4, 0.5) is 5.69 Å². The molecule has 0 atom stereocenters. The van der Waals surface area contributed by atoms with Gasteiger partial charge in [0.1, 0.15) is 6.33 Å². The quantitative estimate of drug-likeness (QED) is 0.604. The molecule has 0 unspecified atom stereocenters. The molecule has 7 nitrogen and oxygen atoms in total. The van der Waals surface area contributed by atoms with Gasteiger partial charge < -0.3 is 9.88 Å². The van der Waals surface area contributed by atoms with Gasteiger partial charge in [0.15, 0.2) is 0 Å². The van der Waals surface area contributed by atoms with E-state index in [1.165, 1.54) is 6.33 Å². The maximum Gasteiger partial charge on any atom is 0.228 e. The lowest BCUT2D eigenvalue weighted by Gasteiger charge is -2.08. The summed E-state index contributed by atoms with van der Waals surface area (Å²) in [5.41, 5.74) is 3.59. The molecule has 0 spiro atoms. The van der Waals surface area contributed by atoms with Crippen molar-refractivity contribution in [1.29, 1.82) is 0 Å². The zero-order valence-corrected chi connectivity index (χ0v) is 13.9. The summed E-state index contributed by atoms with van der Waals surface area (Å²) < 4.78 is 3.58. The molecule has 0 aliphatic rings. The van der Waals surface area contributed by atoms with Crippen molar-refractivity contribution in [3.8, 4) is 11.4 Å². The average Bonchev–Trinajstić information content (AvgIpc) is 3.37. The Morgan fingerprint density at radius 2 is 1.62 bits per heavy atom. The Kier molecular flexibility index (Phi) is 4.26. The molecule has 0 aliphatic carbocycles. The molecular formula is C19H16N6O. The fraction of sp³-hybridized carbons (Fsp3) is 0.0526. The first-order valence-corrected chi connectivity index (χ1v) is 8.13. The summed E-state index contributed by atoms with van der Waals surface area (Å²) in [4.78, 5) is 12.3. The Bertz CT molecular complexity index is 892. The first-order valence-electron chi connectivity index (χ1n) is 8.13. The zero-order chi connectivity index (χ0) is 17.8. The minimum atomic E-state index is -0.0612. The van der Waals surface area contributed by atoms with Gasteiger partial charge in [-0.3, -0.25) is 4.79 Å². The van der Waals surface area contributed by atoms with Crippen LogP contribution in [0.3, 0.4) is 0 Å². The molecule has 2 aromatic carbocycles. The maximum absolute atomic E-state index is 12.3. The van der Waals surface area contributed by atoms with Crippen LogP contribution < -0.4 is 5.32 Å². The van der Waals surface area contributed by atoms with Crippen molar-refractivity contribution < 1.29 is 4.79 Å². The standard InChI is InChI=1S/C19H16N6O/c26-19(13-15-3-7-17(8-4-15)24-11-1-2-12-24)21-16-5-9-18(10-6-16)25-14-20-22-23-25/h1-12,14H,13H2,(H,21,26). The molecule has 2 aromatic heterocycles. The predicted octanol–water partition coefficient (Wildman–Crippen LogP) is 2.63. The number of benzene rings is 2. The SMILES string of the molecule is O=C(Cc1ccc(-n2cccc2)cc1)Nc1ccc(-n2cnnn2)cc1. The van der Waals surface area contributed by atoms with Crippen molar-refractivity contribution in [2.24, 2.45) is 0 Å². The molecule has 128 valence electrons. The van der Waals surface area contributed by atoms with Gasteiger partial charge in [0, 0.05) is 23.8 Å².